The number of carbonyl (C=O) groups excluding carboxylic acids is 1. The molecule has 0 atom stereocenters. The van der Waals surface area contributed by atoms with Crippen LogP contribution in [0.1, 0.15) is 29.2 Å². The third kappa shape index (κ3) is 2.52. The molecule has 19 heavy (non-hydrogen) atoms. The summed E-state index contributed by atoms with van der Waals surface area (Å²) in [4.78, 5) is 23.5. The summed E-state index contributed by atoms with van der Waals surface area (Å²) in [5.41, 5.74) is 0.395. The third-order valence-electron chi connectivity index (χ3n) is 2.88. The molecule has 0 bridgehead atoms. The van der Waals surface area contributed by atoms with Crippen molar-refractivity contribution in [2.24, 2.45) is 0 Å². The Bertz CT molecular complexity index is 691. The van der Waals surface area contributed by atoms with Crippen molar-refractivity contribution in [2.75, 3.05) is 0 Å². The number of aromatic nitrogens is 3. The molecule has 0 aliphatic heterocycles. The van der Waals surface area contributed by atoms with Crippen LogP contribution >= 0.6 is 27.7 Å². The van der Waals surface area contributed by atoms with Gasteiger partial charge in [-0.2, -0.15) is 0 Å². The van der Waals surface area contributed by atoms with Crippen molar-refractivity contribution in [1.29, 1.82) is 0 Å². The zero-order valence-electron chi connectivity index (χ0n) is 9.80. The molecule has 0 saturated heterocycles. The van der Waals surface area contributed by atoms with E-state index in [1.807, 2.05) is 12.1 Å². The van der Waals surface area contributed by atoms with E-state index in [4.69, 9.17) is 0 Å². The Morgan fingerprint density at radius 3 is 2.95 bits per heavy atom. The monoisotopic (exact) mass is 339 g/mol. The second kappa shape index (κ2) is 4.97. The van der Waals surface area contributed by atoms with E-state index < -0.39 is 0 Å². The average molecular weight is 340 g/mol. The summed E-state index contributed by atoms with van der Waals surface area (Å²) in [6.45, 7) is 0. The van der Waals surface area contributed by atoms with Gasteiger partial charge in [-0.05, 0) is 42.8 Å². The number of nitrogens with zero attached hydrogens (tertiary/aromatic N) is 2. The maximum atomic E-state index is 11.7. The summed E-state index contributed by atoms with van der Waals surface area (Å²) in [5, 5.41) is 7.11. The van der Waals surface area contributed by atoms with Crippen LogP contribution in [0.15, 0.2) is 37.5 Å². The third-order valence-corrected chi connectivity index (χ3v) is 4.44. The number of hydrogen-bond acceptors (Lipinski definition) is 4. The fourth-order valence-corrected chi connectivity index (χ4v) is 3.18. The lowest BCUT2D eigenvalue weighted by molar-refractivity contribution is 0.112. The minimum Gasteiger partial charge on any atom is -0.298 e. The van der Waals surface area contributed by atoms with Gasteiger partial charge >= 0.3 is 5.69 Å². The maximum absolute atomic E-state index is 11.7. The van der Waals surface area contributed by atoms with Gasteiger partial charge in [-0.3, -0.25) is 9.36 Å². The van der Waals surface area contributed by atoms with E-state index >= 15 is 0 Å². The van der Waals surface area contributed by atoms with Crippen molar-refractivity contribution in [2.45, 2.75) is 28.9 Å². The molecule has 1 fully saturated rings. The van der Waals surface area contributed by atoms with Crippen molar-refractivity contribution in [3.63, 3.8) is 0 Å². The Kier molecular flexibility index (Phi) is 3.32. The number of nitrogens with one attached hydrogen (secondary N) is 1. The molecule has 7 heteroatoms. The molecular weight excluding hydrogens is 330 g/mol. The number of halogens is 1. The predicted molar refractivity (Wildman–Crippen MR) is 74.8 cm³/mol. The Labute approximate surface area is 121 Å². The Hall–Kier alpha value is -1.34. The molecular formula is C12H10BrN3O2S. The van der Waals surface area contributed by atoms with Crippen LogP contribution in [-0.2, 0) is 0 Å². The van der Waals surface area contributed by atoms with Crippen molar-refractivity contribution in [1.82, 2.24) is 14.8 Å². The molecule has 1 N–H and O–H groups in total. The van der Waals surface area contributed by atoms with E-state index in [1.54, 1.807) is 10.6 Å². The molecule has 1 aromatic heterocycles. The highest BCUT2D eigenvalue weighted by Crippen LogP contribution is 2.38. The van der Waals surface area contributed by atoms with Crippen LogP contribution < -0.4 is 5.69 Å². The van der Waals surface area contributed by atoms with E-state index in [0.29, 0.717) is 10.7 Å². The number of H-pyrrole nitrogens is 1. The molecule has 1 aromatic carbocycles. The SMILES string of the molecule is O=Cc1cc(Br)ccc1Sc1n[nH]c(=O)n1C1CC1. The number of carbonyl (C=O) groups is 1. The van der Waals surface area contributed by atoms with Crippen LogP contribution in [0.5, 0.6) is 0 Å². The lowest BCUT2D eigenvalue weighted by Crippen LogP contribution is -2.16. The summed E-state index contributed by atoms with van der Waals surface area (Å²) in [6, 6.07) is 5.71. The quantitative estimate of drug-likeness (QED) is 0.869. The van der Waals surface area contributed by atoms with Crippen molar-refractivity contribution >= 4 is 34.0 Å². The molecule has 2 aromatic rings. The van der Waals surface area contributed by atoms with Gasteiger partial charge in [0.25, 0.3) is 0 Å². The second-order valence-electron chi connectivity index (χ2n) is 4.31. The summed E-state index contributed by atoms with van der Waals surface area (Å²) in [5.74, 6) is 0. The summed E-state index contributed by atoms with van der Waals surface area (Å²) in [7, 11) is 0. The fraction of sp³-hybridized carbons (Fsp3) is 0.250. The molecule has 0 amide bonds. The van der Waals surface area contributed by atoms with Gasteiger partial charge in [0.05, 0.1) is 0 Å². The summed E-state index contributed by atoms with van der Waals surface area (Å²) < 4.78 is 2.52. The number of aromatic amines is 1. The Morgan fingerprint density at radius 1 is 1.47 bits per heavy atom. The van der Waals surface area contributed by atoms with Gasteiger partial charge in [-0.25, -0.2) is 9.89 Å². The van der Waals surface area contributed by atoms with Gasteiger partial charge in [0, 0.05) is 21.0 Å². The molecule has 0 radical (unpaired) electrons. The maximum Gasteiger partial charge on any atom is 0.344 e. The molecule has 98 valence electrons. The summed E-state index contributed by atoms with van der Waals surface area (Å²) >= 11 is 4.66. The first-order chi connectivity index (χ1) is 9.19. The Morgan fingerprint density at radius 2 is 2.26 bits per heavy atom. The minimum atomic E-state index is -0.185. The van der Waals surface area contributed by atoms with Crippen LogP contribution in [0.4, 0.5) is 0 Å². The highest BCUT2D eigenvalue weighted by atomic mass is 79.9. The molecule has 0 spiro atoms. The first kappa shape index (κ1) is 12.7. The van der Waals surface area contributed by atoms with E-state index in [-0.39, 0.29) is 11.7 Å². The van der Waals surface area contributed by atoms with Crippen LogP contribution in [0.2, 0.25) is 0 Å². The second-order valence-corrected chi connectivity index (χ2v) is 6.24. The zero-order chi connectivity index (χ0) is 13.4. The Balaban J connectivity index is 1.97. The molecule has 0 unspecified atom stereocenters. The van der Waals surface area contributed by atoms with Gasteiger partial charge in [-0.15, -0.1) is 5.10 Å². The van der Waals surface area contributed by atoms with Gasteiger partial charge in [-0.1, -0.05) is 15.9 Å². The summed E-state index contributed by atoms with van der Waals surface area (Å²) in [6.07, 6.45) is 2.82. The van der Waals surface area contributed by atoms with Gasteiger partial charge < -0.3 is 0 Å². The number of rotatable bonds is 4. The first-order valence-corrected chi connectivity index (χ1v) is 7.39. The molecule has 1 saturated carbocycles. The highest BCUT2D eigenvalue weighted by Gasteiger charge is 2.28. The van der Waals surface area contributed by atoms with E-state index in [2.05, 4.69) is 26.1 Å². The largest absolute Gasteiger partial charge is 0.344 e. The number of hydrogen-bond donors (Lipinski definition) is 1. The highest BCUT2D eigenvalue weighted by molar-refractivity contribution is 9.10. The normalized spacial score (nSPS) is 14.6. The lowest BCUT2D eigenvalue weighted by atomic mass is 10.2. The van der Waals surface area contributed by atoms with Crippen LogP contribution in [0.3, 0.4) is 0 Å². The first-order valence-electron chi connectivity index (χ1n) is 5.78. The van der Waals surface area contributed by atoms with Crippen LogP contribution in [0, 0.1) is 0 Å². The molecule has 3 rings (SSSR count). The van der Waals surface area contributed by atoms with Gasteiger partial charge in [0.1, 0.15) is 0 Å². The molecule has 1 heterocycles. The molecule has 1 aliphatic carbocycles. The topological polar surface area (TPSA) is 67.8 Å². The number of aldehydes is 1. The molecule has 1 aliphatic rings. The molecule has 5 nitrogen and oxygen atoms in total. The predicted octanol–water partition coefficient (Wildman–Crippen LogP) is 2.63. The number of benzene rings is 1. The van der Waals surface area contributed by atoms with Crippen molar-refractivity contribution in [3.05, 3.63) is 38.7 Å². The lowest BCUT2D eigenvalue weighted by Gasteiger charge is -2.05. The van der Waals surface area contributed by atoms with E-state index in [1.165, 1.54) is 11.8 Å². The van der Waals surface area contributed by atoms with Crippen LogP contribution in [-0.4, -0.2) is 21.1 Å². The fourth-order valence-electron chi connectivity index (χ4n) is 1.82. The van der Waals surface area contributed by atoms with Gasteiger partial charge in [0.2, 0.25) is 0 Å². The van der Waals surface area contributed by atoms with Crippen LogP contribution in [0.25, 0.3) is 0 Å². The smallest absolute Gasteiger partial charge is 0.298 e. The van der Waals surface area contributed by atoms with E-state index in [0.717, 1.165) is 28.5 Å². The van der Waals surface area contributed by atoms with Crippen molar-refractivity contribution in [3.8, 4) is 0 Å². The van der Waals surface area contributed by atoms with E-state index in [9.17, 15) is 9.59 Å². The van der Waals surface area contributed by atoms with Crippen molar-refractivity contribution < 1.29 is 4.79 Å². The average Bonchev–Trinajstić information content (AvgIpc) is 3.17. The van der Waals surface area contributed by atoms with Gasteiger partial charge in [0.15, 0.2) is 11.4 Å². The standard InChI is InChI=1S/C12H10BrN3O2S/c13-8-1-4-10(7(5-8)6-17)19-12-15-14-11(18)16(12)9-2-3-9/h1,4-6,9H,2-3H2,(H,14,18). The minimum absolute atomic E-state index is 0.185. The zero-order valence-corrected chi connectivity index (χ0v) is 12.2.